The molecule has 0 bridgehead atoms. The first-order chi connectivity index (χ1) is 7.83. The fraction of sp³-hybridized carbons (Fsp3) is 0.538. The van der Waals surface area contributed by atoms with Crippen LogP contribution in [0.4, 0.5) is 0 Å². The molecule has 17 heavy (non-hydrogen) atoms. The number of pyridine rings is 1. The maximum absolute atomic E-state index is 9.01. The van der Waals surface area contributed by atoms with Gasteiger partial charge in [0.1, 0.15) is 11.7 Å². The molecule has 0 radical (unpaired) electrons. The molecular formula is C13H18N2O2. The Morgan fingerprint density at radius 2 is 2.00 bits per heavy atom. The van der Waals surface area contributed by atoms with E-state index in [1.54, 1.807) is 12.3 Å². The van der Waals surface area contributed by atoms with Crippen molar-refractivity contribution in [2.75, 3.05) is 0 Å². The standard InChI is InChI=1S/C13H18N2O2/c1-9(2)16-12-10(8-14)15-7-6-11(12)17-13(3,4)5/h6-7,9H,1-5H3. The van der Waals surface area contributed by atoms with Gasteiger partial charge in [0.25, 0.3) is 0 Å². The minimum absolute atomic E-state index is 0.0337. The lowest BCUT2D eigenvalue weighted by molar-refractivity contribution is 0.119. The van der Waals surface area contributed by atoms with Crippen LogP contribution in [0.15, 0.2) is 12.3 Å². The first-order valence-corrected chi connectivity index (χ1v) is 5.58. The third-order valence-electron chi connectivity index (χ3n) is 1.74. The quantitative estimate of drug-likeness (QED) is 0.806. The molecule has 1 aromatic heterocycles. The monoisotopic (exact) mass is 234 g/mol. The van der Waals surface area contributed by atoms with Gasteiger partial charge in [-0.05, 0) is 34.6 Å². The molecule has 4 heteroatoms. The molecule has 0 aliphatic heterocycles. The van der Waals surface area contributed by atoms with Crippen LogP contribution >= 0.6 is 0 Å². The fourth-order valence-electron chi connectivity index (χ4n) is 1.27. The summed E-state index contributed by atoms with van der Waals surface area (Å²) in [6.45, 7) is 9.62. The van der Waals surface area contributed by atoms with Gasteiger partial charge in [0.05, 0.1) is 6.10 Å². The molecule has 0 atom stereocenters. The number of aromatic nitrogens is 1. The van der Waals surface area contributed by atoms with Crippen molar-refractivity contribution in [3.8, 4) is 17.6 Å². The van der Waals surface area contributed by atoms with E-state index in [1.165, 1.54) is 0 Å². The Kier molecular flexibility index (Phi) is 3.95. The first kappa shape index (κ1) is 13.3. The lowest BCUT2D eigenvalue weighted by Crippen LogP contribution is -2.24. The van der Waals surface area contributed by atoms with Crippen LogP contribution < -0.4 is 9.47 Å². The highest BCUT2D eigenvalue weighted by Gasteiger charge is 2.19. The SMILES string of the molecule is CC(C)Oc1c(OC(C)(C)C)ccnc1C#N. The van der Waals surface area contributed by atoms with E-state index < -0.39 is 0 Å². The zero-order chi connectivity index (χ0) is 13.1. The summed E-state index contributed by atoms with van der Waals surface area (Å²) < 4.78 is 11.4. The second kappa shape index (κ2) is 5.05. The Balaban J connectivity index is 3.16. The minimum Gasteiger partial charge on any atom is -0.484 e. The van der Waals surface area contributed by atoms with Gasteiger partial charge in [-0.3, -0.25) is 0 Å². The van der Waals surface area contributed by atoms with Gasteiger partial charge in [-0.1, -0.05) is 0 Å². The van der Waals surface area contributed by atoms with Gasteiger partial charge >= 0.3 is 0 Å². The topological polar surface area (TPSA) is 55.1 Å². The van der Waals surface area contributed by atoms with E-state index in [4.69, 9.17) is 14.7 Å². The van der Waals surface area contributed by atoms with Crippen LogP contribution in [0.5, 0.6) is 11.5 Å². The van der Waals surface area contributed by atoms with Crippen LogP contribution in [0, 0.1) is 11.3 Å². The van der Waals surface area contributed by atoms with Gasteiger partial charge < -0.3 is 9.47 Å². The molecule has 0 fully saturated rings. The van der Waals surface area contributed by atoms with Crippen LogP contribution in [0.2, 0.25) is 0 Å². The third kappa shape index (κ3) is 3.95. The molecule has 92 valence electrons. The highest BCUT2D eigenvalue weighted by molar-refractivity contribution is 5.48. The normalized spacial score (nSPS) is 11.1. The Morgan fingerprint density at radius 3 is 2.47 bits per heavy atom. The summed E-state index contributed by atoms with van der Waals surface area (Å²) in [6.07, 6.45) is 1.51. The molecule has 0 spiro atoms. The highest BCUT2D eigenvalue weighted by Crippen LogP contribution is 2.32. The van der Waals surface area contributed by atoms with E-state index >= 15 is 0 Å². The predicted octanol–water partition coefficient (Wildman–Crippen LogP) is 2.92. The summed E-state index contributed by atoms with van der Waals surface area (Å²) in [5.41, 5.74) is -0.0937. The van der Waals surface area contributed by atoms with Crippen molar-refractivity contribution < 1.29 is 9.47 Å². The second-order valence-electron chi connectivity index (χ2n) is 4.98. The van der Waals surface area contributed by atoms with Crippen molar-refractivity contribution in [1.29, 1.82) is 5.26 Å². The van der Waals surface area contributed by atoms with Gasteiger partial charge in [-0.25, -0.2) is 4.98 Å². The third-order valence-corrected chi connectivity index (χ3v) is 1.74. The lowest BCUT2D eigenvalue weighted by Gasteiger charge is -2.23. The summed E-state index contributed by atoms with van der Waals surface area (Å²) in [7, 11) is 0. The van der Waals surface area contributed by atoms with E-state index in [2.05, 4.69) is 4.98 Å². The molecule has 1 aromatic rings. The van der Waals surface area contributed by atoms with Crippen molar-refractivity contribution in [3.63, 3.8) is 0 Å². The minimum atomic E-state index is -0.344. The smallest absolute Gasteiger partial charge is 0.198 e. The summed E-state index contributed by atoms with van der Waals surface area (Å²) in [5, 5.41) is 9.01. The lowest BCUT2D eigenvalue weighted by atomic mass is 10.2. The van der Waals surface area contributed by atoms with Crippen LogP contribution in [0.1, 0.15) is 40.3 Å². The molecule has 1 heterocycles. The van der Waals surface area contributed by atoms with Crippen molar-refractivity contribution >= 4 is 0 Å². The molecule has 0 saturated carbocycles. The Labute approximate surface area is 102 Å². The van der Waals surface area contributed by atoms with E-state index in [1.807, 2.05) is 40.7 Å². The molecule has 1 rings (SSSR count). The maximum atomic E-state index is 9.01. The van der Waals surface area contributed by atoms with Gasteiger partial charge in [0, 0.05) is 12.3 Å². The molecule has 0 N–H and O–H groups in total. The zero-order valence-electron chi connectivity index (χ0n) is 10.9. The molecule has 0 aliphatic carbocycles. The van der Waals surface area contributed by atoms with Gasteiger partial charge in [0.15, 0.2) is 17.2 Å². The fourth-order valence-corrected chi connectivity index (χ4v) is 1.27. The Morgan fingerprint density at radius 1 is 1.35 bits per heavy atom. The van der Waals surface area contributed by atoms with Gasteiger partial charge in [0.2, 0.25) is 0 Å². The number of hydrogen-bond donors (Lipinski definition) is 0. The van der Waals surface area contributed by atoms with E-state index in [9.17, 15) is 0 Å². The largest absolute Gasteiger partial charge is 0.484 e. The Hall–Kier alpha value is -1.76. The van der Waals surface area contributed by atoms with Crippen LogP contribution in [0.3, 0.4) is 0 Å². The highest BCUT2D eigenvalue weighted by atomic mass is 16.5. The molecule has 0 aliphatic rings. The van der Waals surface area contributed by atoms with Crippen LogP contribution in [-0.2, 0) is 0 Å². The van der Waals surface area contributed by atoms with Gasteiger partial charge in [-0.2, -0.15) is 5.26 Å². The average molecular weight is 234 g/mol. The van der Waals surface area contributed by atoms with Gasteiger partial charge in [-0.15, -0.1) is 0 Å². The first-order valence-electron chi connectivity index (χ1n) is 5.58. The number of hydrogen-bond acceptors (Lipinski definition) is 4. The molecule has 0 unspecified atom stereocenters. The molecule has 0 saturated heterocycles. The van der Waals surface area contributed by atoms with Crippen molar-refractivity contribution in [1.82, 2.24) is 4.98 Å². The molecule has 4 nitrogen and oxygen atoms in total. The van der Waals surface area contributed by atoms with Crippen molar-refractivity contribution in [3.05, 3.63) is 18.0 Å². The number of rotatable bonds is 3. The molecule has 0 amide bonds. The van der Waals surface area contributed by atoms with E-state index in [-0.39, 0.29) is 17.4 Å². The molecule has 0 aromatic carbocycles. The van der Waals surface area contributed by atoms with Crippen LogP contribution in [0.25, 0.3) is 0 Å². The summed E-state index contributed by atoms with van der Waals surface area (Å²) in [4.78, 5) is 3.97. The van der Waals surface area contributed by atoms with E-state index in [0.29, 0.717) is 11.5 Å². The second-order valence-corrected chi connectivity index (χ2v) is 4.98. The van der Waals surface area contributed by atoms with Crippen molar-refractivity contribution in [2.45, 2.75) is 46.3 Å². The average Bonchev–Trinajstić information content (AvgIpc) is 2.17. The number of ether oxygens (including phenoxy) is 2. The maximum Gasteiger partial charge on any atom is 0.198 e. The van der Waals surface area contributed by atoms with Crippen LogP contribution in [-0.4, -0.2) is 16.7 Å². The zero-order valence-corrected chi connectivity index (χ0v) is 10.9. The number of nitrogens with zero attached hydrogens (tertiary/aromatic N) is 2. The number of nitriles is 1. The summed E-state index contributed by atoms with van der Waals surface area (Å²) in [6, 6.07) is 3.72. The Bertz CT molecular complexity index is 428. The molecular weight excluding hydrogens is 216 g/mol. The van der Waals surface area contributed by atoms with E-state index in [0.717, 1.165) is 0 Å². The summed E-state index contributed by atoms with van der Waals surface area (Å²) >= 11 is 0. The summed E-state index contributed by atoms with van der Waals surface area (Å²) in [5.74, 6) is 0.970. The van der Waals surface area contributed by atoms with Crippen molar-refractivity contribution in [2.24, 2.45) is 0 Å². The predicted molar refractivity (Wildman–Crippen MR) is 65.1 cm³/mol.